The fourth-order valence-electron chi connectivity index (χ4n) is 3.51. The number of rotatable bonds is 3. The number of pyridine rings is 1. The van der Waals surface area contributed by atoms with E-state index in [1.54, 1.807) is 25.7 Å². The molecule has 8 nitrogen and oxygen atoms in total. The van der Waals surface area contributed by atoms with Crippen LogP contribution in [0.1, 0.15) is 26.3 Å². The Labute approximate surface area is 178 Å². The lowest BCUT2D eigenvalue weighted by atomic mass is 9.98. The zero-order valence-corrected chi connectivity index (χ0v) is 18.0. The lowest BCUT2D eigenvalue weighted by molar-refractivity contribution is -0.141. The predicted octanol–water partition coefficient (Wildman–Crippen LogP) is 2.62. The van der Waals surface area contributed by atoms with Gasteiger partial charge < -0.3 is 24.2 Å². The van der Waals surface area contributed by atoms with Gasteiger partial charge in [-0.25, -0.2) is 9.78 Å². The van der Waals surface area contributed by atoms with Gasteiger partial charge in [0.1, 0.15) is 22.7 Å². The normalized spacial score (nSPS) is 18.0. The van der Waals surface area contributed by atoms with Crippen molar-refractivity contribution in [1.29, 1.82) is 0 Å². The fraction of sp³-hybridized carbons (Fsp3) is 0.650. The van der Waals surface area contributed by atoms with Crippen LogP contribution in [0, 0.1) is 5.92 Å². The second-order valence-corrected chi connectivity index (χ2v) is 8.64. The average Bonchev–Trinajstić information content (AvgIpc) is 2.64. The molecule has 0 N–H and O–H groups in total. The molecule has 0 aliphatic carbocycles. The minimum atomic E-state index is -4.54. The first-order chi connectivity index (χ1) is 14.4. The zero-order chi connectivity index (χ0) is 23.0. The Bertz CT molecular complexity index is 827. The summed E-state index contributed by atoms with van der Waals surface area (Å²) in [4.78, 5) is 33.7. The number of amides is 2. The molecule has 0 unspecified atom stereocenters. The van der Waals surface area contributed by atoms with Gasteiger partial charge in [-0.05, 0) is 20.8 Å². The molecule has 0 spiro atoms. The summed E-state index contributed by atoms with van der Waals surface area (Å²) in [7, 11) is 1.18. The molecule has 3 heterocycles. The van der Waals surface area contributed by atoms with E-state index in [9.17, 15) is 22.8 Å². The summed E-state index contributed by atoms with van der Waals surface area (Å²) in [5, 5.41) is 0. The van der Waals surface area contributed by atoms with Crippen molar-refractivity contribution in [1.82, 2.24) is 14.8 Å². The number of anilines is 1. The van der Waals surface area contributed by atoms with E-state index in [0.717, 1.165) is 6.20 Å². The van der Waals surface area contributed by atoms with Crippen LogP contribution in [-0.2, 0) is 15.7 Å². The summed E-state index contributed by atoms with van der Waals surface area (Å²) in [6.45, 7) is 7.73. The van der Waals surface area contributed by atoms with Crippen LogP contribution in [0.15, 0.2) is 12.3 Å². The van der Waals surface area contributed by atoms with E-state index in [0.29, 0.717) is 45.1 Å². The maximum absolute atomic E-state index is 13.0. The summed E-state index contributed by atoms with van der Waals surface area (Å²) in [5.74, 6) is -0.204. The number of nitrogens with zero attached hydrogens (tertiary/aromatic N) is 4. The van der Waals surface area contributed by atoms with Crippen LogP contribution >= 0.6 is 0 Å². The number of alkyl halides is 3. The second-order valence-electron chi connectivity index (χ2n) is 8.64. The topological polar surface area (TPSA) is 75.2 Å². The largest absolute Gasteiger partial charge is 0.496 e. The van der Waals surface area contributed by atoms with Gasteiger partial charge in [0.05, 0.1) is 13.0 Å². The zero-order valence-electron chi connectivity index (χ0n) is 18.0. The van der Waals surface area contributed by atoms with Gasteiger partial charge in [-0.3, -0.25) is 4.79 Å². The van der Waals surface area contributed by atoms with E-state index in [1.807, 2.05) is 4.90 Å². The van der Waals surface area contributed by atoms with Gasteiger partial charge in [0.15, 0.2) is 0 Å². The summed E-state index contributed by atoms with van der Waals surface area (Å²) < 4.78 is 49.2. The number of ether oxygens (including phenoxy) is 2. The van der Waals surface area contributed by atoms with Gasteiger partial charge in [0.25, 0.3) is 0 Å². The number of carbonyl (C=O) groups is 2. The van der Waals surface area contributed by atoms with Crippen LogP contribution in [-0.4, -0.2) is 78.8 Å². The van der Waals surface area contributed by atoms with Gasteiger partial charge in [0.2, 0.25) is 5.91 Å². The molecule has 3 rings (SSSR count). The number of halogens is 3. The minimum absolute atomic E-state index is 0.0302. The molecule has 0 saturated carbocycles. The van der Waals surface area contributed by atoms with E-state index in [2.05, 4.69) is 4.98 Å². The quantitative estimate of drug-likeness (QED) is 0.714. The van der Waals surface area contributed by atoms with E-state index in [-0.39, 0.29) is 17.6 Å². The minimum Gasteiger partial charge on any atom is -0.496 e. The van der Waals surface area contributed by atoms with Crippen molar-refractivity contribution >= 4 is 17.8 Å². The second kappa shape index (κ2) is 8.43. The maximum Gasteiger partial charge on any atom is 0.421 e. The average molecular weight is 444 g/mol. The van der Waals surface area contributed by atoms with Gasteiger partial charge in [-0.2, -0.15) is 13.2 Å². The highest BCUT2D eigenvalue weighted by Gasteiger charge is 2.40. The smallest absolute Gasteiger partial charge is 0.421 e. The number of aromatic nitrogens is 1. The van der Waals surface area contributed by atoms with Gasteiger partial charge in [0, 0.05) is 51.5 Å². The molecule has 172 valence electrons. The molecule has 2 amide bonds. The van der Waals surface area contributed by atoms with Gasteiger partial charge >= 0.3 is 12.3 Å². The molecule has 0 aromatic carbocycles. The van der Waals surface area contributed by atoms with Crippen LogP contribution in [0.4, 0.5) is 23.8 Å². The SMILES string of the molecule is COc1cc(N2CCN(C(=O)C3CN(C(=O)OC(C)(C)C)C3)CC2)ncc1C(F)(F)F. The Morgan fingerprint density at radius 3 is 2.19 bits per heavy atom. The molecule has 2 saturated heterocycles. The van der Waals surface area contributed by atoms with Crippen LogP contribution in [0.25, 0.3) is 0 Å². The van der Waals surface area contributed by atoms with Crippen molar-refractivity contribution in [3.63, 3.8) is 0 Å². The third kappa shape index (κ3) is 5.31. The molecule has 1 aromatic rings. The molecule has 2 aliphatic heterocycles. The molecule has 0 atom stereocenters. The monoisotopic (exact) mass is 444 g/mol. The standard InChI is InChI=1S/C20H27F3N4O4/c1-19(2,3)31-18(29)27-11-13(12-27)17(28)26-7-5-25(6-8-26)16-9-15(30-4)14(10-24-16)20(21,22)23/h9-10,13H,5-8,11-12H2,1-4H3. The van der Waals surface area contributed by atoms with Crippen molar-refractivity contribution in [2.75, 3.05) is 51.3 Å². The van der Waals surface area contributed by atoms with E-state index >= 15 is 0 Å². The molecule has 2 aliphatic rings. The van der Waals surface area contributed by atoms with E-state index < -0.39 is 23.4 Å². The summed E-state index contributed by atoms with van der Waals surface area (Å²) in [6.07, 6.45) is -4.20. The molecular weight excluding hydrogens is 417 g/mol. The highest BCUT2D eigenvalue weighted by molar-refractivity contribution is 5.83. The molecule has 0 bridgehead atoms. The summed E-state index contributed by atoms with van der Waals surface area (Å²) >= 11 is 0. The third-order valence-corrected chi connectivity index (χ3v) is 5.17. The van der Waals surface area contributed by atoms with Crippen molar-refractivity contribution in [3.05, 3.63) is 17.8 Å². The molecular formula is C20H27F3N4O4. The number of hydrogen-bond donors (Lipinski definition) is 0. The Morgan fingerprint density at radius 1 is 1.06 bits per heavy atom. The van der Waals surface area contributed by atoms with E-state index in [4.69, 9.17) is 9.47 Å². The molecule has 0 radical (unpaired) electrons. The number of methoxy groups -OCH3 is 1. The first kappa shape index (κ1) is 23.0. The fourth-order valence-corrected chi connectivity index (χ4v) is 3.51. The Kier molecular flexibility index (Phi) is 6.24. The lowest BCUT2D eigenvalue weighted by Gasteiger charge is -2.43. The Morgan fingerprint density at radius 2 is 1.68 bits per heavy atom. The van der Waals surface area contributed by atoms with Crippen molar-refractivity contribution < 1.29 is 32.2 Å². The highest BCUT2D eigenvalue weighted by atomic mass is 19.4. The van der Waals surface area contributed by atoms with Crippen molar-refractivity contribution in [2.24, 2.45) is 5.92 Å². The van der Waals surface area contributed by atoms with Crippen LogP contribution < -0.4 is 9.64 Å². The van der Waals surface area contributed by atoms with Crippen LogP contribution in [0.3, 0.4) is 0 Å². The predicted molar refractivity (Wildman–Crippen MR) is 106 cm³/mol. The Hall–Kier alpha value is -2.72. The third-order valence-electron chi connectivity index (χ3n) is 5.17. The molecule has 2 fully saturated rings. The molecule has 1 aromatic heterocycles. The highest BCUT2D eigenvalue weighted by Crippen LogP contribution is 2.37. The van der Waals surface area contributed by atoms with Gasteiger partial charge in [-0.1, -0.05) is 0 Å². The summed E-state index contributed by atoms with van der Waals surface area (Å²) in [6, 6.07) is 1.27. The first-order valence-corrected chi connectivity index (χ1v) is 10.0. The molecule has 11 heteroatoms. The number of carbonyl (C=O) groups excluding carboxylic acids is 2. The van der Waals surface area contributed by atoms with Crippen molar-refractivity contribution in [3.8, 4) is 5.75 Å². The van der Waals surface area contributed by atoms with Crippen LogP contribution in [0.2, 0.25) is 0 Å². The number of piperazine rings is 1. The van der Waals surface area contributed by atoms with Gasteiger partial charge in [-0.15, -0.1) is 0 Å². The molecule has 31 heavy (non-hydrogen) atoms. The Balaban J connectivity index is 1.52. The maximum atomic E-state index is 13.0. The van der Waals surface area contributed by atoms with Crippen LogP contribution in [0.5, 0.6) is 5.75 Å². The number of likely N-dealkylation sites (tertiary alicyclic amines) is 1. The van der Waals surface area contributed by atoms with Crippen molar-refractivity contribution in [2.45, 2.75) is 32.5 Å². The summed E-state index contributed by atoms with van der Waals surface area (Å²) in [5.41, 5.74) is -1.51. The number of hydrogen-bond acceptors (Lipinski definition) is 6. The van der Waals surface area contributed by atoms with E-state index in [1.165, 1.54) is 18.1 Å². The lowest BCUT2D eigenvalue weighted by Crippen LogP contribution is -2.59. The first-order valence-electron chi connectivity index (χ1n) is 10.0.